The Kier molecular flexibility index (Phi) is 4.12. The van der Waals surface area contributed by atoms with Crippen LogP contribution in [0.25, 0.3) is 0 Å². The van der Waals surface area contributed by atoms with Crippen LogP contribution in [0, 0.1) is 12.7 Å². The predicted octanol–water partition coefficient (Wildman–Crippen LogP) is 3.64. The van der Waals surface area contributed by atoms with Crippen molar-refractivity contribution in [1.29, 1.82) is 0 Å². The van der Waals surface area contributed by atoms with Crippen LogP contribution in [0.2, 0.25) is 0 Å². The first-order valence-corrected chi connectivity index (χ1v) is 6.53. The summed E-state index contributed by atoms with van der Waals surface area (Å²) in [5.74, 6) is -0.689. The van der Waals surface area contributed by atoms with Crippen molar-refractivity contribution < 1.29 is 17.6 Å². The third-order valence-electron chi connectivity index (χ3n) is 2.53. The fraction of sp³-hybridized carbons (Fsp3) is 0.167. The molecule has 0 radical (unpaired) electrons. The van der Waals surface area contributed by atoms with E-state index in [1.165, 1.54) is 18.3 Å². The number of anilines is 2. The minimum Gasteiger partial charge on any atom is -0.383 e. The summed E-state index contributed by atoms with van der Waals surface area (Å²) in [5.41, 5.74) is 6.78. The van der Waals surface area contributed by atoms with Crippen molar-refractivity contribution in [3.8, 4) is 0 Å². The van der Waals surface area contributed by atoms with Crippen molar-refractivity contribution >= 4 is 28.5 Å². The second-order valence-corrected chi connectivity index (χ2v) is 4.99. The van der Waals surface area contributed by atoms with Gasteiger partial charge in [0, 0.05) is 10.9 Å². The van der Waals surface area contributed by atoms with E-state index in [2.05, 4.69) is 15.5 Å². The number of aromatic nitrogens is 1. The number of alkyl halides is 3. The van der Waals surface area contributed by atoms with Gasteiger partial charge in [-0.25, -0.2) is 9.37 Å². The van der Waals surface area contributed by atoms with Gasteiger partial charge in [-0.1, -0.05) is 0 Å². The number of nitrogens with one attached hydrogen (secondary N) is 1. The van der Waals surface area contributed by atoms with Gasteiger partial charge < -0.3 is 5.73 Å². The molecular formula is C12H10F4N4S. The highest BCUT2D eigenvalue weighted by molar-refractivity contribution is 7.14. The Hall–Kier alpha value is -2.16. The molecule has 0 unspecified atom stereocenters. The number of hydrogen-bond donors (Lipinski definition) is 2. The van der Waals surface area contributed by atoms with Crippen LogP contribution in [-0.2, 0) is 6.18 Å². The van der Waals surface area contributed by atoms with Gasteiger partial charge in [0.05, 0.1) is 11.8 Å². The highest BCUT2D eigenvalue weighted by Crippen LogP contribution is 2.32. The number of halogens is 4. The summed E-state index contributed by atoms with van der Waals surface area (Å²) in [6, 6.07) is 1.54. The van der Waals surface area contributed by atoms with Crippen molar-refractivity contribution in [1.82, 2.24) is 4.98 Å². The van der Waals surface area contributed by atoms with Crippen molar-refractivity contribution in [2.45, 2.75) is 13.1 Å². The van der Waals surface area contributed by atoms with Crippen LogP contribution in [-0.4, -0.2) is 11.2 Å². The lowest BCUT2D eigenvalue weighted by atomic mass is 10.0. The molecule has 0 aliphatic heterocycles. The Balaban J connectivity index is 2.19. The number of hydrogen-bond acceptors (Lipinski definition) is 5. The van der Waals surface area contributed by atoms with E-state index < -0.39 is 17.6 Å². The lowest BCUT2D eigenvalue weighted by Gasteiger charge is -2.11. The molecule has 0 saturated carbocycles. The molecule has 21 heavy (non-hydrogen) atoms. The number of aryl methyl sites for hydroxylation is 1. The van der Waals surface area contributed by atoms with Crippen LogP contribution in [0.3, 0.4) is 0 Å². The Morgan fingerprint density at radius 2 is 2.10 bits per heavy atom. The lowest BCUT2D eigenvalue weighted by Crippen LogP contribution is -2.09. The largest absolute Gasteiger partial charge is 0.416 e. The number of thiazole rings is 1. The topological polar surface area (TPSA) is 63.3 Å². The van der Waals surface area contributed by atoms with Gasteiger partial charge in [-0.2, -0.15) is 18.3 Å². The van der Waals surface area contributed by atoms with Crippen molar-refractivity contribution in [2.75, 3.05) is 11.2 Å². The Bertz CT molecular complexity index is 678. The normalized spacial score (nSPS) is 12.0. The maximum atomic E-state index is 13.6. The van der Waals surface area contributed by atoms with E-state index in [-0.39, 0.29) is 11.1 Å². The van der Waals surface area contributed by atoms with Gasteiger partial charge in [0.1, 0.15) is 11.6 Å². The molecule has 2 aromatic rings. The summed E-state index contributed by atoms with van der Waals surface area (Å²) in [6.07, 6.45) is -3.50. The first kappa shape index (κ1) is 15.2. The molecule has 2 rings (SSSR count). The molecule has 9 heteroatoms. The highest BCUT2D eigenvalue weighted by atomic mass is 32.1. The van der Waals surface area contributed by atoms with Crippen LogP contribution >= 0.6 is 11.3 Å². The molecule has 4 nitrogen and oxygen atoms in total. The standard InChI is InChI=1S/C12H10F4N4S/c1-6-2-7(9(13)3-8(6)12(14,15)16)4-18-20-11-19-10(17)5-21-11/h2-5H,17H2,1H3,(H,19,20). The molecule has 1 aromatic heterocycles. The van der Waals surface area contributed by atoms with Crippen LogP contribution in [0.1, 0.15) is 16.7 Å². The summed E-state index contributed by atoms with van der Waals surface area (Å²) in [7, 11) is 0. The number of rotatable bonds is 3. The Morgan fingerprint density at radius 3 is 2.67 bits per heavy atom. The summed E-state index contributed by atoms with van der Waals surface area (Å²) in [4.78, 5) is 3.86. The minimum atomic E-state index is -4.59. The molecule has 0 atom stereocenters. The van der Waals surface area contributed by atoms with Crippen molar-refractivity contribution in [3.05, 3.63) is 40.0 Å². The maximum absolute atomic E-state index is 13.6. The summed E-state index contributed by atoms with van der Waals surface area (Å²) >= 11 is 1.19. The van der Waals surface area contributed by atoms with Gasteiger partial charge in [-0.15, -0.1) is 11.3 Å². The zero-order chi connectivity index (χ0) is 15.6. The third-order valence-corrected chi connectivity index (χ3v) is 3.30. The average molecular weight is 318 g/mol. The molecule has 1 heterocycles. The SMILES string of the molecule is Cc1cc(C=NNc2nc(N)cs2)c(F)cc1C(F)(F)F. The Labute approximate surface area is 121 Å². The molecule has 0 bridgehead atoms. The molecule has 0 aliphatic rings. The molecule has 0 amide bonds. The summed E-state index contributed by atoms with van der Waals surface area (Å²) < 4.78 is 51.5. The zero-order valence-corrected chi connectivity index (χ0v) is 11.5. The first-order chi connectivity index (χ1) is 9.77. The Morgan fingerprint density at radius 1 is 1.38 bits per heavy atom. The molecule has 0 spiro atoms. The van der Waals surface area contributed by atoms with E-state index in [0.717, 1.165) is 12.3 Å². The van der Waals surface area contributed by atoms with E-state index in [1.807, 2.05) is 0 Å². The zero-order valence-electron chi connectivity index (χ0n) is 10.7. The summed E-state index contributed by atoms with van der Waals surface area (Å²) in [6.45, 7) is 1.26. The summed E-state index contributed by atoms with van der Waals surface area (Å²) in [5, 5.41) is 5.70. The van der Waals surface area contributed by atoms with Crippen LogP contribution in [0.5, 0.6) is 0 Å². The number of nitrogen functional groups attached to an aromatic ring is 1. The highest BCUT2D eigenvalue weighted by Gasteiger charge is 2.33. The van der Waals surface area contributed by atoms with Gasteiger partial charge in [0.15, 0.2) is 0 Å². The van der Waals surface area contributed by atoms with E-state index in [9.17, 15) is 17.6 Å². The van der Waals surface area contributed by atoms with E-state index in [1.54, 1.807) is 5.38 Å². The maximum Gasteiger partial charge on any atom is 0.416 e. The predicted molar refractivity (Wildman–Crippen MR) is 73.9 cm³/mol. The second-order valence-electron chi connectivity index (χ2n) is 4.13. The van der Waals surface area contributed by atoms with Crippen LogP contribution in [0.4, 0.5) is 28.5 Å². The molecule has 3 N–H and O–H groups in total. The van der Waals surface area contributed by atoms with E-state index in [4.69, 9.17) is 5.73 Å². The minimum absolute atomic E-state index is 0.0578. The lowest BCUT2D eigenvalue weighted by molar-refractivity contribution is -0.138. The number of nitrogens with two attached hydrogens (primary N) is 1. The van der Waals surface area contributed by atoms with Gasteiger partial charge in [0.2, 0.25) is 5.13 Å². The fourth-order valence-electron chi connectivity index (χ4n) is 1.60. The third kappa shape index (κ3) is 3.69. The van der Waals surface area contributed by atoms with Gasteiger partial charge in [0.25, 0.3) is 0 Å². The van der Waals surface area contributed by atoms with Crippen LogP contribution < -0.4 is 11.2 Å². The van der Waals surface area contributed by atoms with E-state index in [0.29, 0.717) is 17.0 Å². The number of nitrogens with zero attached hydrogens (tertiary/aromatic N) is 2. The number of hydrazone groups is 1. The molecular weight excluding hydrogens is 308 g/mol. The molecule has 0 saturated heterocycles. The first-order valence-electron chi connectivity index (χ1n) is 5.65. The average Bonchev–Trinajstić information content (AvgIpc) is 2.77. The number of benzene rings is 1. The quantitative estimate of drug-likeness (QED) is 0.516. The van der Waals surface area contributed by atoms with E-state index >= 15 is 0 Å². The van der Waals surface area contributed by atoms with Crippen molar-refractivity contribution in [3.63, 3.8) is 0 Å². The van der Waals surface area contributed by atoms with Gasteiger partial charge >= 0.3 is 6.18 Å². The fourth-order valence-corrected chi connectivity index (χ4v) is 2.15. The van der Waals surface area contributed by atoms with Gasteiger partial charge in [-0.05, 0) is 24.6 Å². The molecule has 0 aliphatic carbocycles. The van der Waals surface area contributed by atoms with Crippen molar-refractivity contribution in [2.24, 2.45) is 5.10 Å². The molecule has 1 aromatic carbocycles. The smallest absolute Gasteiger partial charge is 0.383 e. The second kappa shape index (κ2) is 5.68. The van der Waals surface area contributed by atoms with Gasteiger partial charge in [-0.3, -0.25) is 5.43 Å². The monoisotopic (exact) mass is 318 g/mol. The molecule has 112 valence electrons. The van der Waals surface area contributed by atoms with Crippen LogP contribution in [0.15, 0.2) is 22.6 Å². The molecule has 0 fully saturated rings.